The fourth-order valence-electron chi connectivity index (χ4n) is 3.18. The summed E-state index contributed by atoms with van der Waals surface area (Å²) in [7, 11) is 0. The summed E-state index contributed by atoms with van der Waals surface area (Å²) in [6.45, 7) is 5.57. The molecule has 144 valence electrons. The van der Waals surface area contributed by atoms with Crippen LogP contribution in [-0.2, 0) is 11.3 Å². The molecule has 0 aromatic heterocycles. The van der Waals surface area contributed by atoms with Crippen molar-refractivity contribution in [1.29, 1.82) is 5.26 Å². The summed E-state index contributed by atoms with van der Waals surface area (Å²) in [5.74, 6) is -0.242. The van der Waals surface area contributed by atoms with Gasteiger partial charge in [-0.3, -0.25) is 9.69 Å². The van der Waals surface area contributed by atoms with Crippen molar-refractivity contribution in [2.24, 2.45) is 0 Å². The number of nitriles is 1. The molecule has 0 atom stereocenters. The smallest absolute Gasteiger partial charge is 0.266 e. The summed E-state index contributed by atoms with van der Waals surface area (Å²) >= 11 is 6.11. The van der Waals surface area contributed by atoms with E-state index >= 15 is 0 Å². The highest BCUT2D eigenvalue weighted by Crippen LogP contribution is 2.23. The lowest BCUT2D eigenvalue weighted by Crippen LogP contribution is -2.48. The fourth-order valence-corrected chi connectivity index (χ4v) is 3.35. The Kier molecular flexibility index (Phi) is 6.70. The van der Waals surface area contributed by atoms with E-state index in [1.807, 2.05) is 43.3 Å². The third-order valence-corrected chi connectivity index (χ3v) is 5.31. The van der Waals surface area contributed by atoms with Crippen LogP contribution in [0.25, 0.3) is 0 Å². The summed E-state index contributed by atoms with van der Waals surface area (Å²) in [6.07, 6.45) is 1.47. The summed E-state index contributed by atoms with van der Waals surface area (Å²) < 4.78 is 0. The topological polar surface area (TPSA) is 59.4 Å². The normalized spacial score (nSPS) is 15.2. The Balaban J connectivity index is 1.58. The van der Waals surface area contributed by atoms with Crippen LogP contribution in [0.3, 0.4) is 0 Å². The van der Waals surface area contributed by atoms with Gasteiger partial charge in [-0.25, -0.2) is 0 Å². The van der Waals surface area contributed by atoms with Crippen LogP contribution < -0.4 is 5.32 Å². The minimum Gasteiger partial charge on any atom is -0.360 e. The van der Waals surface area contributed by atoms with Crippen molar-refractivity contribution in [1.82, 2.24) is 9.80 Å². The molecule has 1 heterocycles. The van der Waals surface area contributed by atoms with E-state index in [0.29, 0.717) is 18.1 Å². The zero-order valence-corrected chi connectivity index (χ0v) is 16.6. The maximum Gasteiger partial charge on any atom is 0.266 e. The van der Waals surface area contributed by atoms with Crippen LogP contribution in [0.15, 0.2) is 60.3 Å². The molecule has 1 saturated heterocycles. The molecule has 1 aliphatic heterocycles. The first-order valence-corrected chi connectivity index (χ1v) is 9.64. The second-order valence-electron chi connectivity index (χ2n) is 6.78. The Hall–Kier alpha value is -2.81. The standard InChI is InChI=1S/C22H23ClN4O/c1-17-20(23)8-5-9-21(17)25-15-19(14-24)22(28)27-12-10-26(11-13-27)16-18-6-3-2-4-7-18/h2-9,15,25H,10-13,16H2,1H3/b19-15-. The Labute approximate surface area is 170 Å². The van der Waals surface area contributed by atoms with Gasteiger partial charge in [0.1, 0.15) is 11.6 Å². The highest BCUT2D eigenvalue weighted by molar-refractivity contribution is 6.31. The van der Waals surface area contributed by atoms with E-state index in [1.165, 1.54) is 11.8 Å². The molecule has 28 heavy (non-hydrogen) atoms. The number of nitrogens with zero attached hydrogens (tertiary/aromatic N) is 3. The quantitative estimate of drug-likeness (QED) is 0.618. The van der Waals surface area contributed by atoms with E-state index in [0.717, 1.165) is 30.9 Å². The van der Waals surface area contributed by atoms with E-state index in [9.17, 15) is 10.1 Å². The molecule has 6 heteroatoms. The first-order chi connectivity index (χ1) is 13.6. The van der Waals surface area contributed by atoms with E-state index in [-0.39, 0.29) is 11.5 Å². The number of rotatable bonds is 5. The number of benzene rings is 2. The van der Waals surface area contributed by atoms with Crippen molar-refractivity contribution < 1.29 is 4.79 Å². The number of halogens is 1. The molecule has 1 N–H and O–H groups in total. The SMILES string of the molecule is Cc1c(Cl)cccc1N/C=C(/C#N)C(=O)N1CCN(Cc2ccccc2)CC1. The van der Waals surface area contributed by atoms with E-state index in [1.54, 1.807) is 11.0 Å². The highest BCUT2D eigenvalue weighted by Gasteiger charge is 2.23. The van der Waals surface area contributed by atoms with Crippen LogP contribution >= 0.6 is 11.6 Å². The summed E-state index contributed by atoms with van der Waals surface area (Å²) in [5.41, 5.74) is 3.01. The van der Waals surface area contributed by atoms with Gasteiger partial charge in [0.2, 0.25) is 0 Å². The van der Waals surface area contributed by atoms with E-state index < -0.39 is 0 Å². The number of hydrogen-bond acceptors (Lipinski definition) is 4. The Morgan fingerprint density at radius 3 is 2.54 bits per heavy atom. The van der Waals surface area contributed by atoms with Crippen molar-refractivity contribution >= 4 is 23.2 Å². The Morgan fingerprint density at radius 1 is 1.14 bits per heavy atom. The van der Waals surface area contributed by atoms with Gasteiger partial charge < -0.3 is 10.2 Å². The average molecular weight is 395 g/mol. The predicted octanol–water partition coefficient (Wildman–Crippen LogP) is 3.81. The van der Waals surface area contributed by atoms with Gasteiger partial charge in [-0.2, -0.15) is 5.26 Å². The van der Waals surface area contributed by atoms with Gasteiger partial charge >= 0.3 is 0 Å². The molecule has 0 saturated carbocycles. The van der Waals surface area contributed by atoms with Crippen molar-refractivity contribution in [3.8, 4) is 6.07 Å². The number of amides is 1. The van der Waals surface area contributed by atoms with Crippen molar-refractivity contribution in [3.05, 3.63) is 76.5 Å². The molecule has 0 bridgehead atoms. The molecule has 1 aliphatic rings. The average Bonchev–Trinajstić information content (AvgIpc) is 2.72. The molecule has 1 amide bonds. The van der Waals surface area contributed by atoms with Crippen LogP contribution in [0.2, 0.25) is 5.02 Å². The van der Waals surface area contributed by atoms with Crippen molar-refractivity contribution in [2.45, 2.75) is 13.5 Å². The summed E-state index contributed by atoms with van der Waals surface area (Å²) in [4.78, 5) is 16.8. The fraction of sp³-hybridized carbons (Fsp3) is 0.273. The minimum absolute atomic E-state index is 0.0934. The van der Waals surface area contributed by atoms with Crippen molar-refractivity contribution in [2.75, 3.05) is 31.5 Å². The number of carbonyl (C=O) groups excluding carboxylic acids is 1. The van der Waals surface area contributed by atoms with Crippen LogP contribution in [0, 0.1) is 18.3 Å². The summed E-state index contributed by atoms with van der Waals surface area (Å²) in [6, 6.07) is 17.8. The number of piperazine rings is 1. The third kappa shape index (κ3) is 4.92. The molecule has 0 aliphatic carbocycles. The molecule has 0 unspecified atom stereocenters. The Morgan fingerprint density at radius 2 is 1.86 bits per heavy atom. The number of carbonyl (C=O) groups is 1. The van der Waals surface area contributed by atoms with Crippen LogP contribution in [0.5, 0.6) is 0 Å². The minimum atomic E-state index is -0.242. The largest absolute Gasteiger partial charge is 0.360 e. The Bertz CT molecular complexity index is 896. The number of anilines is 1. The lowest BCUT2D eigenvalue weighted by molar-refractivity contribution is -0.128. The van der Waals surface area contributed by atoms with Gasteiger partial charge in [0.25, 0.3) is 5.91 Å². The zero-order chi connectivity index (χ0) is 19.9. The monoisotopic (exact) mass is 394 g/mol. The van der Waals surface area contributed by atoms with Gasteiger partial charge in [0.05, 0.1) is 0 Å². The molecule has 3 rings (SSSR count). The molecule has 2 aromatic rings. The maximum atomic E-state index is 12.7. The van der Waals surface area contributed by atoms with E-state index in [2.05, 4.69) is 22.3 Å². The third-order valence-electron chi connectivity index (χ3n) is 4.90. The van der Waals surface area contributed by atoms with Gasteiger partial charge in [0, 0.05) is 49.6 Å². The number of nitrogens with one attached hydrogen (secondary N) is 1. The lowest BCUT2D eigenvalue weighted by Gasteiger charge is -2.34. The van der Waals surface area contributed by atoms with Crippen LogP contribution in [-0.4, -0.2) is 41.9 Å². The lowest BCUT2D eigenvalue weighted by atomic mass is 10.2. The van der Waals surface area contributed by atoms with E-state index in [4.69, 9.17) is 11.6 Å². The molecule has 1 fully saturated rings. The molecule has 2 aromatic carbocycles. The summed E-state index contributed by atoms with van der Waals surface area (Å²) in [5, 5.41) is 13.1. The van der Waals surface area contributed by atoms with Gasteiger partial charge in [-0.05, 0) is 30.2 Å². The second-order valence-corrected chi connectivity index (χ2v) is 7.19. The van der Waals surface area contributed by atoms with Crippen molar-refractivity contribution in [3.63, 3.8) is 0 Å². The number of hydrogen-bond donors (Lipinski definition) is 1. The first-order valence-electron chi connectivity index (χ1n) is 9.26. The van der Waals surface area contributed by atoms with Gasteiger partial charge in [-0.15, -0.1) is 0 Å². The maximum absolute atomic E-state index is 12.7. The van der Waals surface area contributed by atoms with Crippen LogP contribution in [0.4, 0.5) is 5.69 Å². The molecule has 0 radical (unpaired) electrons. The van der Waals surface area contributed by atoms with Crippen LogP contribution in [0.1, 0.15) is 11.1 Å². The predicted molar refractivity (Wildman–Crippen MR) is 112 cm³/mol. The van der Waals surface area contributed by atoms with Gasteiger partial charge in [-0.1, -0.05) is 48.0 Å². The molecule has 5 nitrogen and oxygen atoms in total. The zero-order valence-electron chi connectivity index (χ0n) is 15.9. The van der Waals surface area contributed by atoms with Gasteiger partial charge in [0.15, 0.2) is 0 Å². The molecular weight excluding hydrogens is 372 g/mol. The molecular formula is C22H23ClN4O. The first kappa shape index (κ1) is 19.9. The second kappa shape index (κ2) is 9.41. The molecule has 0 spiro atoms. The highest BCUT2D eigenvalue weighted by atomic mass is 35.5.